The predicted molar refractivity (Wildman–Crippen MR) is 82.3 cm³/mol. The van der Waals surface area contributed by atoms with Gasteiger partial charge < -0.3 is 14.2 Å². The Morgan fingerprint density at radius 2 is 1.67 bits per heavy atom. The summed E-state index contributed by atoms with van der Waals surface area (Å²) in [5.74, 6) is 2.15. The molecule has 116 valence electrons. The summed E-state index contributed by atoms with van der Waals surface area (Å²) in [4.78, 5) is 2.56. The summed E-state index contributed by atoms with van der Waals surface area (Å²) in [5.41, 5.74) is 1.86. The van der Waals surface area contributed by atoms with E-state index in [1.54, 1.807) is 21.3 Å². The predicted octanol–water partition coefficient (Wildman–Crippen LogP) is 3.09. The molecule has 0 atom stereocenters. The minimum absolute atomic E-state index is 0.640. The normalized spacial score (nSPS) is 20.3. The maximum absolute atomic E-state index is 5.43. The van der Waals surface area contributed by atoms with Crippen LogP contribution in [0.25, 0.3) is 0 Å². The van der Waals surface area contributed by atoms with Gasteiger partial charge in [-0.15, -0.1) is 0 Å². The van der Waals surface area contributed by atoms with Gasteiger partial charge in [-0.05, 0) is 48.9 Å². The minimum Gasteiger partial charge on any atom is -0.493 e. The lowest BCUT2D eigenvalue weighted by Gasteiger charge is -2.38. The number of methoxy groups -OCH3 is 3. The Morgan fingerprint density at radius 3 is 2.10 bits per heavy atom. The molecule has 1 aromatic carbocycles. The largest absolute Gasteiger partial charge is 0.493 e. The van der Waals surface area contributed by atoms with Crippen molar-refractivity contribution in [2.24, 2.45) is 5.41 Å². The van der Waals surface area contributed by atoms with Crippen molar-refractivity contribution in [1.82, 2.24) is 4.90 Å². The fraction of sp³-hybridized carbons (Fsp3) is 0.647. The van der Waals surface area contributed by atoms with Crippen molar-refractivity contribution in [3.8, 4) is 17.2 Å². The summed E-state index contributed by atoms with van der Waals surface area (Å²) >= 11 is 0. The first-order valence-electron chi connectivity index (χ1n) is 7.71. The molecule has 1 heterocycles. The van der Waals surface area contributed by atoms with Crippen LogP contribution in [0, 0.1) is 5.41 Å². The zero-order chi connectivity index (χ0) is 14.9. The molecule has 1 spiro atoms. The van der Waals surface area contributed by atoms with Crippen molar-refractivity contribution in [1.29, 1.82) is 0 Å². The molecule has 0 amide bonds. The summed E-state index contributed by atoms with van der Waals surface area (Å²) in [6, 6.07) is 4.13. The van der Waals surface area contributed by atoms with Crippen LogP contribution in [0.3, 0.4) is 0 Å². The van der Waals surface area contributed by atoms with E-state index in [0.717, 1.165) is 18.0 Å². The second-order valence-corrected chi connectivity index (χ2v) is 6.35. The van der Waals surface area contributed by atoms with Gasteiger partial charge in [-0.3, -0.25) is 4.90 Å². The molecule has 1 saturated heterocycles. The maximum atomic E-state index is 5.43. The fourth-order valence-electron chi connectivity index (χ4n) is 3.73. The number of likely N-dealkylation sites (tertiary alicyclic amines) is 1. The van der Waals surface area contributed by atoms with Gasteiger partial charge in [0.15, 0.2) is 11.5 Å². The van der Waals surface area contributed by atoms with Crippen molar-refractivity contribution in [3.63, 3.8) is 0 Å². The molecule has 4 nitrogen and oxygen atoms in total. The molecule has 1 aromatic rings. The first-order chi connectivity index (χ1) is 10.2. The zero-order valence-corrected chi connectivity index (χ0v) is 13.3. The summed E-state index contributed by atoms with van der Waals surface area (Å²) in [6.07, 6.45) is 5.60. The smallest absolute Gasteiger partial charge is 0.203 e. The third-order valence-electron chi connectivity index (χ3n) is 5.06. The van der Waals surface area contributed by atoms with Crippen LogP contribution in [0.5, 0.6) is 17.2 Å². The third kappa shape index (κ3) is 2.69. The highest BCUT2D eigenvalue weighted by molar-refractivity contribution is 5.53. The van der Waals surface area contributed by atoms with Crippen LogP contribution in [0.15, 0.2) is 12.1 Å². The lowest BCUT2D eigenvalue weighted by molar-refractivity contribution is 0.137. The van der Waals surface area contributed by atoms with E-state index in [2.05, 4.69) is 17.0 Å². The molecule has 0 aromatic heterocycles. The highest BCUT2D eigenvalue weighted by atomic mass is 16.5. The Labute approximate surface area is 127 Å². The first kappa shape index (κ1) is 14.5. The molecule has 0 unspecified atom stereocenters. The number of hydrogen-bond acceptors (Lipinski definition) is 4. The van der Waals surface area contributed by atoms with Gasteiger partial charge in [0, 0.05) is 13.1 Å². The number of rotatable bonds is 5. The van der Waals surface area contributed by atoms with Crippen LogP contribution in [-0.2, 0) is 6.54 Å². The molecule has 1 saturated carbocycles. The van der Waals surface area contributed by atoms with Crippen molar-refractivity contribution in [3.05, 3.63) is 17.7 Å². The number of nitrogens with zero attached hydrogens (tertiary/aromatic N) is 1. The van der Waals surface area contributed by atoms with Gasteiger partial charge in [0.1, 0.15) is 0 Å². The molecule has 4 heteroatoms. The SMILES string of the molecule is COc1cc(CN2CCC3(CCC3)C2)cc(OC)c1OC. The van der Waals surface area contributed by atoms with Crippen molar-refractivity contribution < 1.29 is 14.2 Å². The van der Waals surface area contributed by atoms with Crippen molar-refractivity contribution in [2.45, 2.75) is 32.2 Å². The Kier molecular flexibility index (Phi) is 3.98. The molecule has 2 fully saturated rings. The molecule has 0 N–H and O–H groups in total. The molecule has 21 heavy (non-hydrogen) atoms. The molecule has 0 bridgehead atoms. The van der Waals surface area contributed by atoms with E-state index in [1.807, 2.05) is 0 Å². The lowest BCUT2D eigenvalue weighted by Crippen LogP contribution is -2.32. The van der Waals surface area contributed by atoms with Crippen LogP contribution < -0.4 is 14.2 Å². The van der Waals surface area contributed by atoms with E-state index in [1.165, 1.54) is 44.3 Å². The van der Waals surface area contributed by atoms with E-state index in [-0.39, 0.29) is 0 Å². The molecule has 3 rings (SSSR count). The van der Waals surface area contributed by atoms with Crippen molar-refractivity contribution in [2.75, 3.05) is 34.4 Å². The van der Waals surface area contributed by atoms with E-state index in [0.29, 0.717) is 11.2 Å². The standard InChI is InChI=1S/C17H25NO3/c1-19-14-9-13(10-15(20-2)16(14)21-3)11-18-8-7-17(12-18)5-4-6-17/h9-10H,4-8,11-12H2,1-3H3. The highest BCUT2D eigenvalue weighted by Gasteiger charge is 2.42. The van der Waals surface area contributed by atoms with Gasteiger partial charge in [0.05, 0.1) is 21.3 Å². The van der Waals surface area contributed by atoms with E-state index in [4.69, 9.17) is 14.2 Å². The zero-order valence-electron chi connectivity index (χ0n) is 13.3. The van der Waals surface area contributed by atoms with E-state index < -0.39 is 0 Å². The molecular formula is C17H25NO3. The molecule has 1 aliphatic carbocycles. The van der Waals surface area contributed by atoms with Gasteiger partial charge in [0.2, 0.25) is 5.75 Å². The quantitative estimate of drug-likeness (QED) is 0.834. The van der Waals surface area contributed by atoms with Crippen molar-refractivity contribution >= 4 is 0 Å². The van der Waals surface area contributed by atoms with Gasteiger partial charge in [-0.25, -0.2) is 0 Å². The fourth-order valence-corrected chi connectivity index (χ4v) is 3.73. The van der Waals surface area contributed by atoms with Gasteiger partial charge in [-0.2, -0.15) is 0 Å². The maximum Gasteiger partial charge on any atom is 0.203 e. The second-order valence-electron chi connectivity index (χ2n) is 6.35. The summed E-state index contributed by atoms with van der Waals surface area (Å²) < 4.78 is 16.2. The van der Waals surface area contributed by atoms with Gasteiger partial charge >= 0.3 is 0 Å². The number of hydrogen-bond donors (Lipinski definition) is 0. The Bertz CT molecular complexity index is 486. The van der Waals surface area contributed by atoms with Crippen LogP contribution in [0.2, 0.25) is 0 Å². The van der Waals surface area contributed by atoms with Gasteiger partial charge in [0.25, 0.3) is 0 Å². The van der Waals surface area contributed by atoms with E-state index >= 15 is 0 Å². The number of benzene rings is 1. The average Bonchev–Trinajstić information content (AvgIpc) is 2.90. The summed E-state index contributed by atoms with van der Waals surface area (Å²) in [6.45, 7) is 3.40. The molecule has 2 aliphatic rings. The Balaban J connectivity index is 1.76. The average molecular weight is 291 g/mol. The summed E-state index contributed by atoms with van der Waals surface area (Å²) in [5, 5.41) is 0. The number of ether oxygens (including phenoxy) is 3. The van der Waals surface area contributed by atoms with Crippen LogP contribution in [0.1, 0.15) is 31.2 Å². The Hall–Kier alpha value is -1.42. The first-order valence-corrected chi connectivity index (χ1v) is 7.71. The lowest BCUT2D eigenvalue weighted by atomic mass is 9.68. The van der Waals surface area contributed by atoms with E-state index in [9.17, 15) is 0 Å². The highest BCUT2D eigenvalue weighted by Crippen LogP contribution is 2.48. The molecular weight excluding hydrogens is 266 g/mol. The van der Waals surface area contributed by atoms with Crippen LogP contribution >= 0.6 is 0 Å². The Morgan fingerprint density at radius 1 is 1.00 bits per heavy atom. The molecule has 1 aliphatic heterocycles. The topological polar surface area (TPSA) is 30.9 Å². The van der Waals surface area contributed by atoms with Crippen LogP contribution in [0.4, 0.5) is 0 Å². The molecule has 0 radical (unpaired) electrons. The van der Waals surface area contributed by atoms with Gasteiger partial charge in [-0.1, -0.05) is 6.42 Å². The minimum atomic E-state index is 0.640. The summed E-state index contributed by atoms with van der Waals surface area (Å²) in [7, 11) is 4.97. The third-order valence-corrected chi connectivity index (χ3v) is 5.06. The van der Waals surface area contributed by atoms with Crippen LogP contribution in [-0.4, -0.2) is 39.3 Å². The monoisotopic (exact) mass is 291 g/mol. The second kappa shape index (κ2) is 5.76.